The molecule has 0 aliphatic carbocycles. The molecule has 2 heterocycles. The number of nitrogens with zero attached hydrogens (tertiary/aromatic N) is 4. The first-order valence-electron chi connectivity index (χ1n) is 9.39. The lowest BCUT2D eigenvalue weighted by molar-refractivity contribution is 0.0876. The second-order valence-corrected chi connectivity index (χ2v) is 7.51. The molecule has 0 amide bonds. The maximum absolute atomic E-state index is 13.1. The van der Waals surface area contributed by atoms with Crippen LogP contribution in [0.2, 0.25) is 5.02 Å². The van der Waals surface area contributed by atoms with Gasteiger partial charge in [0.25, 0.3) is 0 Å². The van der Waals surface area contributed by atoms with E-state index in [2.05, 4.69) is 33.0 Å². The zero-order valence-corrected chi connectivity index (χ0v) is 16.4. The molecule has 2 aromatic carbocycles. The lowest BCUT2D eigenvalue weighted by atomic mass is 10.2. The Labute approximate surface area is 168 Å². The number of piperazine rings is 1. The summed E-state index contributed by atoms with van der Waals surface area (Å²) in [5.41, 5.74) is 1.95. The number of hydrogen-bond donors (Lipinski definition) is 0. The lowest BCUT2D eigenvalue weighted by Crippen LogP contribution is -2.46. The summed E-state index contributed by atoms with van der Waals surface area (Å²) in [7, 11) is 0. The van der Waals surface area contributed by atoms with Gasteiger partial charge in [0.1, 0.15) is 5.82 Å². The Morgan fingerprint density at radius 3 is 2.54 bits per heavy atom. The van der Waals surface area contributed by atoms with Crippen LogP contribution in [0.3, 0.4) is 0 Å². The number of aromatic nitrogens is 2. The SMILES string of the molecule is CC(c1nnc(-c2ccc(F)cc2)o1)N1CCN(Cc2cccc(Cl)c2)CC1. The van der Waals surface area contributed by atoms with Crippen molar-refractivity contribution >= 4 is 11.6 Å². The quantitative estimate of drug-likeness (QED) is 0.634. The largest absolute Gasteiger partial charge is 0.419 e. The molecule has 4 rings (SSSR count). The van der Waals surface area contributed by atoms with Gasteiger partial charge in [-0.05, 0) is 48.9 Å². The van der Waals surface area contributed by atoms with Gasteiger partial charge >= 0.3 is 0 Å². The van der Waals surface area contributed by atoms with Crippen LogP contribution in [0.25, 0.3) is 11.5 Å². The molecule has 1 saturated heterocycles. The Hall–Kier alpha value is -2.28. The molecule has 7 heteroatoms. The molecule has 3 aromatic rings. The molecule has 1 atom stereocenters. The van der Waals surface area contributed by atoms with Crippen molar-refractivity contribution in [2.75, 3.05) is 26.2 Å². The molecule has 0 N–H and O–H groups in total. The van der Waals surface area contributed by atoms with E-state index in [0.29, 0.717) is 11.8 Å². The summed E-state index contributed by atoms with van der Waals surface area (Å²) in [6.07, 6.45) is 0. The van der Waals surface area contributed by atoms with E-state index in [1.54, 1.807) is 12.1 Å². The maximum atomic E-state index is 13.1. The summed E-state index contributed by atoms with van der Waals surface area (Å²) in [4.78, 5) is 4.77. The van der Waals surface area contributed by atoms with Crippen molar-refractivity contribution in [3.05, 3.63) is 70.8 Å². The van der Waals surface area contributed by atoms with Gasteiger partial charge in [-0.2, -0.15) is 0 Å². The average Bonchev–Trinajstić information content (AvgIpc) is 3.19. The zero-order chi connectivity index (χ0) is 19.5. The Morgan fingerprint density at radius 1 is 1.07 bits per heavy atom. The van der Waals surface area contributed by atoms with Gasteiger partial charge in [-0.25, -0.2) is 4.39 Å². The van der Waals surface area contributed by atoms with Crippen LogP contribution in [-0.4, -0.2) is 46.2 Å². The van der Waals surface area contributed by atoms with E-state index in [0.717, 1.165) is 43.3 Å². The van der Waals surface area contributed by atoms with Gasteiger partial charge in [0.2, 0.25) is 11.8 Å². The summed E-state index contributed by atoms with van der Waals surface area (Å²) >= 11 is 6.08. The van der Waals surface area contributed by atoms with Gasteiger partial charge in [-0.3, -0.25) is 9.80 Å². The van der Waals surface area contributed by atoms with E-state index >= 15 is 0 Å². The molecule has 146 valence electrons. The highest BCUT2D eigenvalue weighted by Crippen LogP contribution is 2.25. The number of hydrogen-bond acceptors (Lipinski definition) is 5. The fourth-order valence-corrected chi connectivity index (χ4v) is 3.68. The third kappa shape index (κ3) is 4.41. The molecular weight excluding hydrogens is 379 g/mol. The van der Waals surface area contributed by atoms with Crippen LogP contribution in [0.1, 0.15) is 24.4 Å². The highest BCUT2D eigenvalue weighted by atomic mass is 35.5. The van der Waals surface area contributed by atoms with Gasteiger partial charge in [0, 0.05) is 43.3 Å². The molecule has 1 fully saturated rings. The maximum Gasteiger partial charge on any atom is 0.247 e. The molecule has 0 bridgehead atoms. The molecule has 0 saturated carbocycles. The summed E-state index contributed by atoms with van der Waals surface area (Å²) in [5, 5.41) is 9.10. The normalized spacial score (nSPS) is 17.0. The summed E-state index contributed by atoms with van der Waals surface area (Å²) in [5.74, 6) is 0.719. The second kappa shape index (κ2) is 8.39. The molecule has 1 aromatic heterocycles. The number of benzene rings is 2. The minimum Gasteiger partial charge on any atom is -0.419 e. The zero-order valence-electron chi connectivity index (χ0n) is 15.7. The molecule has 5 nitrogen and oxygen atoms in total. The van der Waals surface area contributed by atoms with Crippen LogP contribution in [0.15, 0.2) is 52.9 Å². The van der Waals surface area contributed by atoms with Crippen molar-refractivity contribution in [3.63, 3.8) is 0 Å². The van der Waals surface area contributed by atoms with Gasteiger partial charge in [0.15, 0.2) is 0 Å². The minimum atomic E-state index is -0.285. The highest BCUT2D eigenvalue weighted by Gasteiger charge is 2.25. The summed E-state index contributed by atoms with van der Waals surface area (Å²) in [6, 6.07) is 14.1. The van der Waals surface area contributed by atoms with E-state index in [9.17, 15) is 4.39 Å². The van der Waals surface area contributed by atoms with Crippen LogP contribution in [-0.2, 0) is 6.54 Å². The highest BCUT2D eigenvalue weighted by molar-refractivity contribution is 6.30. The van der Waals surface area contributed by atoms with E-state index in [1.165, 1.54) is 17.7 Å². The standard InChI is InChI=1S/C21H22ClFN4O/c1-15(20-24-25-21(28-20)17-5-7-19(23)8-6-17)27-11-9-26(10-12-27)14-16-3-2-4-18(22)13-16/h2-8,13,15H,9-12,14H2,1H3. The Bertz CT molecular complexity index is 922. The van der Waals surface area contributed by atoms with E-state index in [1.807, 2.05) is 18.2 Å². The monoisotopic (exact) mass is 400 g/mol. The predicted octanol–water partition coefficient (Wildman–Crippen LogP) is 4.41. The topological polar surface area (TPSA) is 45.4 Å². The average molecular weight is 401 g/mol. The first-order valence-corrected chi connectivity index (χ1v) is 9.76. The third-order valence-corrected chi connectivity index (χ3v) is 5.37. The summed E-state index contributed by atoms with van der Waals surface area (Å²) < 4.78 is 18.9. The first-order chi connectivity index (χ1) is 13.6. The Balaban J connectivity index is 1.35. The van der Waals surface area contributed by atoms with E-state index in [-0.39, 0.29) is 11.9 Å². The van der Waals surface area contributed by atoms with Crippen molar-refractivity contribution in [1.82, 2.24) is 20.0 Å². The molecule has 1 unspecified atom stereocenters. The minimum absolute atomic E-state index is 0.0371. The van der Waals surface area contributed by atoms with Gasteiger partial charge in [0.05, 0.1) is 6.04 Å². The smallest absolute Gasteiger partial charge is 0.247 e. The molecule has 1 aliphatic rings. The molecule has 0 radical (unpaired) electrons. The van der Waals surface area contributed by atoms with Crippen LogP contribution in [0.4, 0.5) is 4.39 Å². The number of rotatable bonds is 5. The van der Waals surface area contributed by atoms with Crippen LogP contribution < -0.4 is 0 Å². The summed E-state index contributed by atoms with van der Waals surface area (Å²) in [6.45, 7) is 6.77. The fourth-order valence-electron chi connectivity index (χ4n) is 3.47. The van der Waals surface area contributed by atoms with E-state index in [4.69, 9.17) is 16.0 Å². The third-order valence-electron chi connectivity index (χ3n) is 5.14. The van der Waals surface area contributed by atoms with Crippen molar-refractivity contribution in [3.8, 4) is 11.5 Å². The van der Waals surface area contributed by atoms with Crippen molar-refractivity contribution in [2.45, 2.75) is 19.5 Å². The Kier molecular flexibility index (Phi) is 5.71. The van der Waals surface area contributed by atoms with Crippen LogP contribution in [0, 0.1) is 5.82 Å². The lowest BCUT2D eigenvalue weighted by Gasteiger charge is -2.36. The molecular formula is C21H22ClFN4O. The molecule has 1 aliphatic heterocycles. The van der Waals surface area contributed by atoms with E-state index < -0.39 is 0 Å². The second-order valence-electron chi connectivity index (χ2n) is 7.07. The van der Waals surface area contributed by atoms with Crippen LogP contribution >= 0.6 is 11.6 Å². The van der Waals surface area contributed by atoms with Crippen molar-refractivity contribution in [2.24, 2.45) is 0 Å². The van der Waals surface area contributed by atoms with Crippen LogP contribution in [0.5, 0.6) is 0 Å². The van der Waals surface area contributed by atoms with Gasteiger partial charge in [-0.15, -0.1) is 10.2 Å². The molecule has 0 spiro atoms. The first kappa shape index (κ1) is 19.1. The van der Waals surface area contributed by atoms with Crippen molar-refractivity contribution in [1.29, 1.82) is 0 Å². The van der Waals surface area contributed by atoms with Crippen molar-refractivity contribution < 1.29 is 8.81 Å². The molecule has 28 heavy (non-hydrogen) atoms. The van der Waals surface area contributed by atoms with Gasteiger partial charge in [-0.1, -0.05) is 23.7 Å². The Morgan fingerprint density at radius 2 is 1.82 bits per heavy atom. The predicted molar refractivity (Wildman–Crippen MR) is 106 cm³/mol. The van der Waals surface area contributed by atoms with Gasteiger partial charge < -0.3 is 4.42 Å². The number of halogens is 2. The fraction of sp³-hybridized carbons (Fsp3) is 0.333.